The van der Waals surface area contributed by atoms with E-state index in [9.17, 15) is 14.9 Å². The van der Waals surface area contributed by atoms with E-state index in [1.807, 2.05) is 13.0 Å². The highest BCUT2D eigenvalue weighted by atomic mass is 32.1. The molecular weight excluding hydrogens is 336 g/mol. The minimum atomic E-state index is -0.460. The van der Waals surface area contributed by atoms with Gasteiger partial charge in [-0.25, -0.2) is 0 Å². The van der Waals surface area contributed by atoms with Gasteiger partial charge in [-0.2, -0.15) is 0 Å². The van der Waals surface area contributed by atoms with Gasteiger partial charge in [0.2, 0.25) is 5.13 Å². The van der Waals surface area contributed by atoms with E-state index in [4.69, 9.17) is 0 Å². The molecule has 1 aromatic carbocycles. The number of aromatic nitrogens is 2. The second-order valence-corrected chi connectivity index (χ2v) is 6.85. The summed E-state index contributed by atoms with van der Waals surface area (Å²) in [6.45, 7) is 1.93. The number of carbonyl (C=O) groups excluding carboxylic acids is 1. The first-order valence-electron chi connectivity index (χ1n) is 6.49. The van der Waals surface area contributed by atoms with Crippen LogP contribution in [0.2, 0.25) is 0 Å². The number of anilines is 1. The zero-order valence-electron chi connectivity index (χ0n) is 11.8. The van der Waals surface area contributed by atoms with Gasteiger partial charge in [-0.15, -0.1) is 21.5 Å². The molecule has 0 unspecified atom stereocenters. The van der Waals surface area contributed by atoms with Crippen molar-refractivity contribution in [1.82, 2.24) is 10.2 Å². The van der Waals surface area contributed by atoms with Crippen LogP contribution in [0.15, 0.2) is 36.4 Å². The van der Waals surface area contributed by atoms with Crippen LogP contribution in [0.25, 0.3) is 10.6 Å². The third-order valence-corrected chi connectivity index (χ3v) is 4.82. The Morgan fingerprint density at radius 3 is 2.48 bits per heavy atom. The van der Waals surface area contributed by atoms with Gasteiger partial charge in [-0.1, -0.05) is 11.3 Å². The Balaban J connectivity index is 1.75. The highest BCUT2D eigenvalue weighted by Crippen LogP contribution is 2.28. The predicted molar refractivity (Wildman–Crippen MR) is 89.0 cm³/mol. The molecule has 23 heavy (non-hydrogen) atoms. The van der Waals surface area contributed by atoms with Crippen LogP contribution in [0, 0.1) is 17.0 Å². The molecule has 0 aliphatic carbocycles. The minimum Gasteiger partial charge on any atom is -0.296 e. The molecule has 2 heterocycles. The molecule has 0 radical (unpaired) electrons. The molecule has 116 valence electrons. The summed E-state index contributed by atoms with van der Waals surface area (Å²) in [6, 6.07) is 9.65. The topological polar surface area (TPSA) is 98.0 Å². The molecule has 0 aliphatic heterocycles. The van der Waals surface area contributed by atoms with Crippen molar-refractivity contribution >= 4 is 39.4 Å². The van der Waals surface area contributed by atoms with Crippen molar-refractivity contribution in [2.75, 3.05) is 5.32 Å². The fourth-order valence-electron chi connectivity index (χ4n) is 1.83. The summed E-state index contributed by atoms with van der Waals surface area (Å²) >= 11 is 2.61. The first-order valence-corrected chi connectivity index (χ1v) is 8.12. The lowest BCUT2D eigenvalue weighted by Crippen LogP contribution is -2.09. The number of nitrogens with one attached hydrogen (secondary N) is 1. The largest absolute Gasteiger partial charge is 0.296 e. The highest BCUT2D eigenvalue weighted by molar-refractivity contribution is 7.18. The smallest absolute Gasteiger partial charge is 0.269 e. The van der Waals surface area contributed by atoms with Gasteiger partial charge in [0.05, 0.1) is 9.80 Å². The van der Waals surface area contributed by atoms with Crippen LogP contribution < -0.4 is 5.32 Å². The standard InChI is InChI=1S/C14H10N4O3S2/c1-8-2-7-11(22-8)12(19)15-14-17-16-13(23-14)9-3-5-10(6-4-9)18(20)21/h2-7H,1H3,(H,15,17,19). The van der Waals surface area contributed by atoms with E-state index in [1.165, 1.54) is 34.8 Å². The lowest BCUT2D eigenvalue weighted by Gasteiger charge is -1.97. The lowest BCUT2D eigenvalue weighted by atomic mass is 10.2. The second-order valence-electron chi connectivity index (χ2n) is 4.58. The van der Waals surface area contributed by atoms with Gasteiger partial charge in [0, 0.05) is 22.6 Å². The van der Waals surface area contributed by atoms with E-state index < -0.39 is 4.92 Å². The van der Waals surface area contributed by atoms with Crippen molar-refractivity contribution in [3.8, 4) is 10.6 Å². The number of non-ortho nitro benzene ring substituents is 1. The minimum absolute atomic E-state index is 0.0138. The predicted octanol–water partition coefficient (Wildman–Crippen LogP) is 3.74. The fraction of sp³-hybridized carbons (Fsp3) is 0.0714. The Morgan fingerprint density at radius 1 is 1.13 bits per heavy atom. The Morgan fingerprint density at radius 2 is 1.87 bits per heavy atom. The van der Waals surface area contributed by atoms with E-state index in [0.717, 1.165) is 4.88 Å². The van der Waals surface area contributed by atoms with Crippen LogP contribution in [-0.2, 0) is 0 Å². The van der Waals surface area contributed by atoms with Gasteiger partial charge < -0.3 is 0 Å². The zero-order chi connectivity index (χ0) is 16.4. The van der Waals surface area contributed by atoms with Crippen molar-refractivity contribution in [1.29, 1.82) is 0 Å². The molecule has 3 aromatic rings. The zero-order valence-corrected chi connectivity index (χ0v) is 13.5. The molecular formula is C14H10N4O3S2. The number of nitro benzene ring substituents is 1. The molecule has 2 aromatic heterocycles. The quantitative estimate of drug-likeness (QED) is 0.573. The second kappa shape index (κ2) is 6.23. The van der Waals surface area contributed by atoms with E-state index in [2.05, 4.69) is 15.5 Å². The van der Waals surface area contributed by atoms with Gasteiger partial charge in [0.1, 0.15) is 5.01 Å². The number of carbonyl (C=O) groups is 1. The van der Waals surface area contributed by atoms with Gasteiger partial charge >= 0.3 is 0 Å². The van der Waals surface area contributed by atoms with Crippen molar-refractivity contribution < 1.29 is 9.72 Å². The summed E-state index contributed by atoms with van der Waals surface area (Å²) in [5.41, 5.74) is 0.723. The molecule has 0 saturated carbocycles. The van der Waals surface area contributed by atoms with Gasteiger partial charge in [0.25, 0.3) is 11.6 Å². The summed E-state index contributed by atoms with van der Waals surface area (Å²) in [5, 5.41) is 22.2. The summed E-state index contributed by atoms with van der Waals surface area (Å²) in [4.78, 5) is 23.9. The third kappa shape index (κ3) is 3.41. The average Bonchev–Trinajstić information content (AvgIpc) is 3.16. The molecule has 9 heteroatoms. The fourth-order valence-corrected chi connectivity index (χ4v) is 3.34. The number of hydrogen-bond acceptors (Lipinski definition) is 7. The van der Waals surface area contributed by atoms with Crippen LogP contribution in [0.5, 0.6) is 0 Å². The number of amides is 1. The molecule has 0 atom stereocenters. The van der Waals surface area contributed by atoms with Crippen LogP contribution in [-0.4, -0.2) is 21.0 Å². The summed E-state index contributed by atoms with van der Waals surface area (Å²) in [7, 11) is 0. The highest BCUT2D eigenvalue weighted by Gasteiger charge is 2.13. The van der Waals surface area contributed by atoms with E-state index >= 15 is 0 Å². The van der Waals surface area contributed by atoms with Gasteiger partial charge in [0.15, 0.2) is 0 Å². The molecule has 3 rings (SSSR count). The maximum Gasteiger partial charge on any atom is 0.269 e. The molecule has 1 amide bonds. The van der Waals surface area contributed by atoms with Gasteiger partial charge in [-0.05, 0) is 31.2 Å². The van der Waals surface area contributed by atoms with Crippen molar-refractivity contribution in [3.05, 3.63) is 56.3 Å². The molecule has 7 nitrogen and oxygen atoms in total. The van der Waals surface area contributed by atoms with Crippen LogP contribution in [0.1, 0.15) is 14.5 Å². The number of aryl methyl sites for hydroxylation is 1. The lowest BCUT2D eigenvalue weighted by molar-refractivity contribution is -0.384. The van der Waals surface area contributed by atoms with E-state index in [0.29, 0.717) is 20.6 Å². The van der Waals surface area contributed by atoms with Crippen LogP contribution in [0.4, 0.5) is 10.8 Å². The average molecular weight is 346 g/mol. The number of nitrogens with zero attached hydrogens (tertiary/aromatic N) is 3. The molecule has 1 N–H and O–H groups in total. The maximum absolute atomic E-state index is 12.1. The summed E-state index contributed by atoms with van der Waals surface area (Å²) in [6.07, 6.45) is 0. The van der Waals surface area contributed by atoms with Crippen LogP contribution >= 0.6 is 22.7 Å². The number of nitro groups is 1. The molecule has 0 bridgehead atoms. The third-order valence-electron chi connectivity index (χ3n) is 2.93. The Labute approximate surface area is 138 Å². The van der Waals surface area contributed by atoms with Crippen molar-refractivity contribution in [2.45, 2.75) is 6.92 Å². The SMILES string of the molecule is Cc1ccc(C(=O)Nc2nnc(-c3ccc([N+](=O)[O-])cc3)s2)s1. The maximum atomic E-state index is 12.1. The monoisotopic (exact) mass is 346 g/mol. The molecule has 0 spiro atoms. The number of hydrogen-bond donors (Lipinski definition) is 1. The molecule has 0 aliphatic rings. The number of rotatable bonds is 4. The summed E-state index contributed by atoms with van der Waals surface area (Å²) < 4.78 is 0. The number of benzene rings is 1. The first kappa shape index (κ1) is 15.3. The van der Waals surface area contributed by atoms with Gasteiger partial charge in [-0.3, -0.25) is 20.2 Å². The Hall–Kier alpha value is -2.65. The van der Waals surface area contributed by atoms with Crippen LogP contribution in [0.3, 0.4) is 0 Å². The molecule has 0 fully saturated rings. The summed E-state index contributed by atoms with van der Waals surface area (Å²) in [5.74, 6) is -0.227. The first-order chi connectivity index (χ1) is 11.0. The van der Waals surface area contributed by atoms with Crippen molar-refractivity contribution in [3.63, 3.8) is 0 Å². The normalized spacial score (nSPS) is 10.5. The van der Waals surface area contributed by atoms with Crippen molar-refractivity contribution in [2.24, 2.45) is 0 Å². The Bertz CT molecular complexity index is 870. The van der Waals surface area contributed by atoms with E-state index in [1.54, 1.807) is 18.2 Å². The van der Waals surface area contributed by atoms with E-state index in [-0.39, 0.29) is 11.6 Å². The molecule has 0 saturated heterocycles. The number of thiophene rings is 1. The Kier molecular flexibility index (Phi) is 4.13.